The third-order valence-electron chi connectivity index (χ3n) is 3.60. The van der Waals surface area contributed by atoms with Crippen LogP contribution in [0.2, 0.25) is 0 Å². The smallest absolute Gasteiger partial charge is 0.420 e. The third-order valence-corrected chi connectivity index (χ3v) is 3.60. The number of benzene rings is 1. The Kier molecular flexibility index (Phi) is 7.29. The van der Waals surface area contributed by atoms with E-state index in [1.807, 2.05) is 6.07 Å². The van der Waals surface area contributed by atoms with E-state index in [4.69, 9.17) is 14.2 Å². The van der Waals surface area contributed by atoms with Crippen molar-refractivity contribution in [2.24, 2.45) is 0 Å². The van der Waals surface area contributed by atoms with Crippen LogP contribution in [0.25, 0.3) is 0 Å². The Bertz CT molecular complexity index is 817. The Morgan fingerprint density at radius 3 is 2.38 bits per heavy atom. The van der Waals surface area contributed by atoms with Crippen molar-refractivity contribution in [2.45, 2.75) is 45.6 Å². The Morgan fingerprint density at radius 2 is 1.83 bits per heavy atom. The fourth-order valence-electron chi connectivity index (χ4n) is 2.33. The molecule has 156 valence electrons. The number of ether oxygens (including phenoxy) is 3. The number of aromatic nitrogens is 3. The van der Waals surface area contributed by atoms with Crippen LogP contribution in [0.15, 0.2) is 43.0 Å². The summed E-state index contributed by atoms with van der Waals surface area (Å²) in [6.45, 7) is 4.66. The second-order valence-corrected chi connectivity index (χ2v) is 7.05. The first-order chi connectivity index (χ1) is 13.7. The molecule has 0 saturated carbocycles. The van der Waals surface area contributed by atoms with E-state index in [0.29, 0.717) is 4.90 Å². The molecule has 2 amide bonds. The summed E-state index contributed by atoms with van der Waals surface area (Å²) in [5, 5.41) is 3.91. The highest BCUT2D eigenvalue weighted by Gasteiger charge is 2.40. The number of esters is 1. The molecular formula is C19H24N4O6. The van der Waals surface area contributed by atoms with Crippen LogP contribution in [-0.4, -0.2) is 56.6 Å². The number of amides is 2. The summed E-state index contributed by atoms with van der Waals surface area (Å²) in [7, 11) is 1.15. The molecule has 10 nitrogen and oxygen atoms in total. The summed E-state index contributed by atoms with van der Waals surface area (Å²) in [5.74, 6) is -0.831. The molecule has 0 fully saturated rings. The van der Waals surface area contributed by atoms with Gasteiger partial charge in [0.2, 0.25) is 0 Å². The van der Waals surface area contributed by atoms with Gasteiger partial charge in [-0.05, 0) is 26.3 Å². The molecule has 29 heavy (non-hydrogen) atoms. The zero-order valence-corrected chi connectivity index (χ0v) is 16.8. The minimum absolute atomic E-state index is 0.0871. The molecule has 1 aromatic heterocycles. The lowest BCUT2D eigenvalue weighted by atomic mass is 10.2. The molecule has 0 aliphatic rings. The van der Waals surface area contributed by atoms with Crippen molar-refractivity contribution in [1.82, 2.24) is 19.7 Å². The second-order valence-electron chi connectivity index (χ2n) is 7.05. The van der Waals surface area contributed by atoms with Gasteiger partial charge in [-0.1, -0.05) is 30.3 Å². The molecule has 1 atom stereocenters. The number of rotatable bonds is 6. The minimum Gasteiger partial charge on any atom is -0.467 e. The molecule has 2 rings (SSSR count). The summed E-state index contributed by atoms with van der Waals surface area (Å²) < 4.78 is 16.6. The Hall–Kier alpha value is -3.43. The van der Waals surface area contributed by atoms with Gasteiger partial charge in [0.25, 0.3) is 0 Å². The standard InChI is InChI=1S/C19H24N4O6/c1-19(2,3)29-18(26)23(17(25)28-11-14-8-6-5-7-9-14)15(16(24)27-4)10-22-13-20-12-21-22/h5-9,12-13,15H,10-11H2,1-4H3. The number of methoxy groups -OCH3 is 1. The van der Waals surface area contributed by atoms with E-state index in [1.165, 1.54) is 17.3 Å². The van der Waals surface area contributed by atoms with Gasteiger partial charge in [0.1, 0.15) is 24.9 Å². The van der Waals surface area contributed by atoms with Crippen molar-refractivity contribution in [1.29, 1.82) is 0 Å². The van der Waals surface area contributed by atoms with Crippen molar-refractivity contribution in [3.8, 4) is 0 Å². The summed E-state index contributed by atoms with van der Waals surface area (Å²) in [5.41, 5.74) is -0.181. The minimum atomic E-state index is -1.36. The molecule has 1 heterocycles. The fourth-order valence-corrected chi connectivity index (χ4v) is 2.33. The summed E-state index contributed by atoms with van der Waals surface area (Å²) >= 11 is 0. The van der Waals surface area contributed by atoms with Crippen LogP contribution in [0, 0.1) is 0 Å². The lowest BCUT2D eigenvalue weighted by Gasteiger charge is -2.29. The monoisotopic (exact) mass is 404 g/mol. The molecule has 0 aliphatic heterocycles. The van der Waals surface area contributed by atoms with Crippen LogP contribution >= 0.6 is 0 Å². The normalized spacial score (nSPS) is 12.0. The van der Waals surface area contributed by atoms with Crippen molar-refractivity contribution in [3.63, 3.8) is 0 Å². The van der Waals surface area contributed by atoms with Crippen molar-refractivity contribution < 1.29 is 28.6 Å². The van der Waals surface area contributed by atoms with Gasteiger partial charge >= 0.3 is 18.2 Å². The average Bonchev–Trinajstić information content (AvgIpc) is 3.18. The molecule has 0 N–H and O–H groups in total. The van der Waals surface area contributed by atoms with E-state index in [2.05, 4.69) is 10.1 Å². The first kappa shape index (κ1) is 21.9. The second kappa shape index (κ2) is 9.67. The van der Waals surface area contributed by atoms with Crippen LogP contribution in [-0.2, 0) is 32.2 Å². The highest BCUT2D eigenvalue weighted by atomic mass is 16.6. The maximum Gasteiger partial charge on any atom is 0.420 e. The lowest BCUT2D eigenvalue weighted by Crippen LogP contribution is -2.52. The van der Waals surface area contributed by atoms with Crippen LogP contribution in [0.1, 0.15) is 26.3 Å². The van der Waals surface area contributed by atoms with E-state index in [1.54, 1.807) is 45.0 Å². The van der Waals surface area contributed by atoms with Crippen molar-refractivity contribution >= 4 is 18.2 Å². The molecule has 2 aromatic rings. The predicted octanol–water partition coefficient (Wildman–Crippen LogP) is 2.39. The molecule has 0 radical (unpaired) electrons. The topological polar surface area (TPSA) is 113 Å². The number of hydrogen-bond acceptors (Lipinski definition) is 8. The zero-order chi connectivity index (χ0) is 21.4. The molecule has 1 unspecified atom stereocenters. The quantitative estimate of drug-likeness (QED) is 0.533. The first-order valence-electron chi connectivity index (χ1n) is 8.84. The number of imide groups is 1. The number of carbonyl (C=O) groups excluding carboxylic acids is 3. The summed E-state index contributed by atoms with van der Waals surface area (Å²) in [6.07, 6.45) is 0.531. The van der Waals surface area contributed by atoms with Crippen LogP contribution in [0.4, 0.5) is 9.59 Å². The third kappa shape index (κ3) is 6.59. The van der Waals surface area contributed by atoms with Gasteiger partial charge in [0.15, 0.2) is 6.04 Å². The number of carbonyl (C=O) groups is 3. The molecular weight excluding hydrogens is 380 g/mol. The molecule has 10 heteroatoms. The maximum absolute atomic E-state index is 12.8. The largest absolute Gasteiger partial charge is 0.467 e. The van der Waals surface area contributed by atoms with Gasteiger partial charge in [0.05, 0.1) is 13.7 Å². The van der Waals surface area contributed by atoms with E-state index < -0.39 is 29.8 Å². The molecule has 1 aromatic carbocycles. The van der Waals surface area contributed by atoms with Gasteiger partial charge in [-0.3, -0.25) is 4.68 Å². The number of nitrogens with zero attached hydrogens (tertiary/aromatic N) is 4. The van der Waals surface area contributed by atoms with Crippen molar-refractivity contribution in [2.75, 3.05) is 7.11 Å². The maximum atomic E-state index is 12.8. The van der Waals surface area contributed by atoms with E-state index in [0.717, 1.165) is 12.7 Å². The fraction of sp³-hybridized carbons (Fsp3) is 0.421. The molecule has 0 bridgehead atoms. The summed E-state index contributed by atoms with van der Waals surface area (Å²) in [6, 6.07) is 7.56. The van der Waals surface area contributed by atoms with Crippen LogP contribution < -0.4 is 0 Å². The van der Waals surface area contributed by atoms with Crippen molar-refractivity contribution in [3.05, 3.63) is 48.5 Å². The van der Waals surface area contributed by atoms with E-state index >= 15 is 0 Å². The Morgan fingerprint density at radius 1 is 1.14 bits per heavy atom. The first-order valence-corrected chi connectivity index (χ1v) is 8.84. The Labute approximate surface area is 168 Å². The highest BCUT2D eigenvalue weighted by Crippen LogP contribution is 2.16. The SMILES string of the molecule is COC(=O)C(Cn1cncn1)N(C(=O)OCc1ccccc1)C(=O)OC(C)(C)C. The predicted molar refractivity (Wildman–Crippen MR) is 101 cm³/mol. The van der Waals surface area contributed by atoms with Gasteiger partial charge in [-0.2, -0.15) is 10.00 Å². The van der Waals surface area contributed by atoms with E-state index in [9.17, 15) is 14.4 Å². The average molecular weight is 404 g/mol. The lowest BCUT2D eigenvalue weighted by molar-refractivity contribution is -0.147. The van der Waals surface area contributed by atoms with Crippen LogP contribution in [0.3, 0.4) is 0 Å². The Balaban J connectivity index is 2.28. The number of hydrogen-bond donors (Lipinski definition) is 0. The van der Waals surface area contributed by atoms with E-state index in [-0.39, 0.29) is 13.2 Å². The van der Waals surface area contributed by atoms with Gasteiger partial charge in [-0.25, -0.2) is 19.4 Å². The highest BCUT2D eigenvalue weighted by molar-refractivity contribution is 5.93. The zero-order valence-electron chi connectivity index (χ0n) is 16.8. The van der Waals surface area contributed by atoms with Gasteiger partial charge < -0.3 is 14.2 Å². The molecule has 0 aliphatic carbocycles. The van der Waals surface area contributed by atoms with Crippen LogP contribution in [0.5, 0.6) is 0 Å². The van der Waals surface area contributed by atoms with Gasteiger partial charge in [0, 0.05) is 0 Å². The molecule has 0 spiro atoms. The van der Waals surface area contributed by atoms with Gasteiger partial charge in [-0.15, -0.1) is 0 Å². The molecule has 0 saturated heterocycles. The summed E-state index contributed by atoms with van der Waals surface area (Å²) in [4.78, 5) is 42.3.